The zero-order chi connectivity index (χ0) is 14.8. The van der Waals surface area contributed by atoms with Gasteiger partial charge in [0.05, 0.1) is 12.2 Å². The number of oxazole rings is 1. The molecular weight excluding hydrogens is 333 g/mol. The van der Waals surface area contributed by atoms with Gasteiger partial charge in [0.2, 0.25) is 5.89 Å². The second kappa shape index (κ2) is 8.69. The van der Waals surface area contributed by atoms with Crippen LogP contribution in [0, 0.1) is 19.8 Å². The molecule has 2 N–H and O–H groups in total. The molecular formula is C17H25Cl2N3O. The van der Waals surface area contributed by atoms with Crippen LogP contribution < -0.4 is 5.73 Å². The minimum atomic E-state index is 0. The van der Waals surface area contributed by atoms with Crippen molar-refractivity contribution in [2.75, 3.05) is 19.6 Å². The molecule has 2 atom stereocenters. The lowest BCUT2D eigenvalue weighted by Gasteiger charge is -2.16. The average molecular weight is 358 g/mol. The van der Waals surface area contributed by atoms with Gasteiger partial charge in [0.25, 0.3) is 0 Å². The van der Waals surface area contributed by atoms with E-state index >= 15 is 0 Å². The lowest BCUT2D eigenvalue weighted by atomic mass is 9.89. The fraction of sp³-hybridized carbons (Fsp3) is 0.471. The van der Waals surface area contributed by atoms with E-state index in [-0.39, 0.29) is 24.8 Å². The molecule has 6 heteroatoms. The highest BCUT2D eigenvalue weighted by molar-refractivity contribution is 5.85. The summed E-state index contributed by atoms with van der Waals surface area (Å²) in [6, 6.07) is 10.7. The number of aryl methyl sites for hydroxylation is 2. The second-order valence-corrected chi connectivity index (χ2v) is 5.96. The van der Waals surface area contributed by atoms with E-state index in [0.717, 1.165) is 43.5 Å². The van der Waals surface area contributed by atoms with Crippen molar-refractivity contribution in [2.45, 2.75) is 26.3 Å². The minimum absolute atomic E-state index is 0. The third kappa shape index (κ3) is 4.48. The number of benzene rings is 1. The molecule has 3 rings (SSSR count). The smallest absolute Gasteiger partial charge is 0.208 e. The Morgan fingerprint density at radius 3 is 2.43 bits per heavy atom. The van der Waals surface area contributed by atoms with Gasteiger partial charge < -0.3 is 10.2 Å². The predicted octanol–water partition coefficient (Wildman–Crippen LogP) is 3.31. The molecule has 4 nitrogen and oxygen atoms in total. The van der Waals surface area contributed by atoms with Gasteiger partial charge in [-0.15, -0.1) is 24.8 Å². The first kappa shape index (κ1) is 20.0. The average Bonchev–Trinajstić information content (AvgIpc) is 3.04. The highest BCUT2D eigenvalue weighted by Gasteiger charge is 2.33. The molecule has 0 bridgehead atoms. The molecule has 0 aliphatic carbocycles. The maximum absolute atomic E-state index is 5.98. The van der Waals surface area contributed by atoms with Gasteiger partial charge in [0.1, 0.15) is 5.76 Å². The van der Waals surface area contributed by atoms with Crippen molar-refractivity contribution in [3.8, 4) is 0 Å². The molecule has 0 radical (unpaired) electrons. The summed E-state index contributed by atoms with van der Waals surface area (Å²) in [5.74, 6) is 2.74. The zero-order valence-corrected chi connectivity index (χ0v) is 15.2. The molecule has 1 aromatic carbocycles. The Hall–Kier alpha value is -1.07. The SMILES string of the molecule is Cc1nc(CN2C[C@@H](CN)[C@H](c3ccccc3)C2)oc1C.Cl.Cl. The van der Waals surface area contributed by atoms with Gasteiger partial charge in [-0.05, 0) is 31.9 Å². The van der Waals surface area contributed by atoms with E-state index in [1.807, 2.05) is 13.8 Å². The van der Waals surface area contributed by atoms with E-state index in [4.69, 9.17) is 10.2 Å². The van der Waals surface area contributed by atoms with Gasteiger partial charge in [-0.1, -0.05) is 30.3 Å². The first-order valence-electron chi connectivity index (χ1n) is 7.57. The highest BCUT2D eigenvalue weighted by atomic mass is 35.5. The van der Waals surface area contributed by atoms with Crippen molar-refractivity contribution in [3.63, 3.8) is 0 Å². The van der Waals surface area contributed by atoms with Crippen molar-refractivity contribution in [3.05, 3.63) is 53.2 Å². The van der Waals surface area contributed by atoms with E-state index < -0.39 is 0 Å². The summed E-state index contributed by atoms with van der Waals surface area (Å²) in [6.07, 6.45) is 0. The normalized spacial score (nSPS) is 20.8. The van der Waals surface area contributed by atoms with E-state index in [0.29, 0.717) is 11.8 Å². The standard InChI is InChI=1S/C17H23N3O.2ClH/c1-12-13(2)21-17(19-12)11-20-9-15(8-18)16(10-20)14-6-4-3-5-7-14;;/h3-7,15-16H,8-11,18H2,1-2H3;2*1H/t15-,16+;;/m1../s1. The van der Waals surface area contributed by atoms with Crippen molar-refractivity contribution in [1.82, 2.24) is 9.88 Å². The van der Waals surface area contributed by atoms with Gasteiger partial charge in [-0.3, -0.25) is 4.90 Å². The Labute approximate surface area is 150 Å². The van der Waals surface area contributed by atoms with Crippen molar-refractivity contribution in [1.29, 1.82) is 0 Å². The number of nitrogens with two attached hydrogens (primary N) is 1. The summed E-state index contributed by atoms with van der Waals surface area (Å²) in [5, 5.41) is 0. The Kier molecular flexibility index (Phi) is 7.55. The number of likely N-dealkylation sites (tertiary alicyclic amines) is 1. The van der Waals surface area contributed by atoms with Crippen LogP contribution in [0.4, 0.5) is 0 Å². The van der Waals surface area contributed by atoms with Crippen molar-refractivity contribution in [2.24, 2.45) is 11.7 Å². The van der Waals surface area contributed by atoms with Crippen LogP contribution in [0.3, 0.4) is 0 Å². The molecule has 2 aromatic rings. The van der Waals surface area contributed by atoms with Crippen LogP contribution >= 0.6 is 24.8 Å². The Morgan fingerprint density at radius 2 is 1.87 bits per heavy atom. The molecule has 1 aliphatic rings. The lowest BCUT2D eigenvalue weighted by molar-refractivity contribution is 0.277. The summed E-state index contributed by atoms with van der Waals surface area (Å²) in [5.41, 5.74) is 8.35. The molecule has 1 fully saturated rings. The first-order valence-corrected chi connectivity index (χ1v) is 7.57. The largest absolute Gasteiger partial charge is 0.444 e. The summed E-state index contributed by atoms with van der Waals surface area (Å²) >= 11 is 0. The van der Waals surface area contributed by atoms with E-state index in [1.165, 1.54) is 5.56 Å². The van der Waals surface area contributed by atoms with Gasteiger partial charge in [-0.25, -0.2) is 4.98 Å². The first-order chi connectivity index (χ1) is 10.2. The lowest BCUT2D eigenvalue weighted by Crippen LogP contribution is -2.23. The molecule has 23 heavy (non-hydrogen) atoms. The summed E-state index contributed by atoms with van der Waals surface area (Å²) in [6.45, 7) is 7.48. The van der Waals surface area contributed by atoms with Crippen molar-refractivity contribution >= 4 is 24.8 Å². The number of rotatable bonds is 4. The minimum Gasteiger partial charge on any atom is -0.444 e. The molecule has 1 aliphatic heterocycles. The van der Waals surface area contributed by atoms with Crippen molar-refractivity contribution < 1.29 is 4.42 Å². The topological polar surface area (TPSA) is 55.3 Å². The van der Waals surface area contributed by atoms with E-state index in [2.05, 4.69) is 40.2 Å². The number of hydrogen-bond acceptors (Lipinski definition) is 4. The monoisotopic (exact) mass is 357 g/mol. The number of halogens is 2. The molecule has 0 unspecified atom stereocenters. The molecule has 0 saturated carbocycles. The summed E-state index contributed by atoms with van der Waals surface area (Å²) in [7, 11) is 0. The number of hydrogen-bond donors (Lipinski definition) is 1. The van der Waals surface area contributed by atoms with Crippen LogP contribution in [-0.2, 0) is 6.54 Å². The van der Waals surface area contributed by atoms with Crippen LogP contribution in [0.15, 0.2) is 34.7 Å². The number of nitrogens with zero attached hydrogens (tertiary/aromatic N) is 2. The number of aromatic nitrogens is 1. The molecule has 128 valence electrons. The van der Waals surface area contributed by atoms with Crippen LogP contribution in [0.25, 0.3) is 0 Å². The highest BCUT2D eigenvalue weighted by Crippen LogP contribution is 2.32. The van der Waals surface area contributed by atoms with E-state index in [9.17, 15) is 0 Å². The third-order valence-electron chi connectivity index (χ3n) is 4.48. The predicted molar refractivity (Wildman–Crippen MR) is 97.5 cm³/mol. The fourth-order valence-corrected chi connectivity index (χ4v) is 3.20. The summed E-state index contributed by atoms with van der Waals surface area (Å²) in [4.78, 5) is 6.89. The molecule has 2 heterocycles. The summed E-state index contributed by atoms with van der Waals surface area (Å²) < 4.78 is 5.70. The van der Waals surface area contributed by atoms with E-state index in [1.54, 1.807) is 0 Å². The third-order valence-corrected chi connectivity index (χ3v) is 4.48. The quantitative estimate of drug-likeness (QED) is 0.911. The molecule has 0 amide bonds. The van der Waals surface area contributed by atoms with Crippen LogP contribution in [0.1, 0.15) is 28.8 Å². The molecule has 0 spiro atoms. The Bertz CT molecular complexity index is 584. The fourth-order valence-electron chi connectivity index (χ4n) is 3.20. The Morgan fingerprint density at radius 1 is 1.17 bits per heavy atom. The maximum atomic E-state index is 5.98. The van der Waals surface area contributed by atoms with Gasteiger partial charge in [0, 0.05) is 19.0 Å². The Balaban J connectivity index is 0.00000132. The van der Waals surface area contributed by atoms with Crippen LogP contribution in [0.5, 0.6) is 0 Å². The molecule has 1 saturated heterocycles. The van der Waals surface area contributed by atoms with Gasteiger partial charge >= 0.3 is 0 Å². The maximum Gasteiger partial charge on any atom is 0.208 e. The van der Waals surface area contributed by atoms with Crippen LogP contribution in [0.2, 0.25) is 0 Å². The zero-order valence-electron chi connectivity index (χ0n) is 13.6. The van der Waals surface area contributed by atoms with Gasteiger partial charge in [0.15, 0.2) is 0 Å². The van der Waals surface area contributed by atoms with Crippen LogP contribution in [-0.4, -0.2) is 29.5 Å². The second-order valence-electron chi connectivity index (χ2n) is 5.96. The molecule has 1 aromatic heterocycles. The van der Waals surface area contributed by atoms with Gasteiger partial charge in [-0.2, -0.15) is 0 Å².